The summed E-state index contributed by atoms with van der Waals surface area (Å²) in [6.07, 6.45) is 4.53. The molecule has 0 spiro atoms. The van der Waals surface area contributed by atoms with Gasteiger partial charge in [0.1, 0.15) is 6.04 Å². The molecule has 1 heterocycles. The Balaban J connectivity index is 1.62. The molecule has 1 aliphatic heterocycles. The van der Waals surface area contributed by atoms with Crippen molar-refractivity contribution >= 4 is 41.0 Å². The van der Waals surface area contributed by atoms with E-state index in [2.05, 4.69) is 0 Å². The first kappa shape index (κ1) is 24.0. The largest absolute Gasteiger partial charge is 0.465 e. The highest BCUT2D eigenvalue weighted by molar-refractivity contribution is 6.31. The van der Waals surface area contributed by atoms with Crippen molar-refractivity contribution in [3.05, 3.63) is 64.7 Å². The molecule has 2 aliphatic rings. The van der Waals surface area contributed by atoms with Gasteiger partial charge in [-0.3, -0.25) is 14.4 Å². The van der Waals surface area contributed by atoms with Crippen molar-refractivity contribution in [1.82, 2.24) is 4.90 Å². The number of imide groups is 1. The van der Waals surface area contributed by atoms with Gasteiger partial charge in [-0.2, -0.15) is 0 Å². The molecule has 0 radical (unpaired) electrons. The van der Waals surface area contributed by atoms with E-state index in [4.69, 9.17) is 16.3 Å². The molecule has 0 bridgehead atoms. The number of methoxy groups -OCH3 is 1. The molecule has 2 aromatic carbocycles. The fourth-order valence-corrected chi connectivity index (χ4v) is 4.93. The van der Waals surface area contributed by atoms with Crippen molar-refractivity contribution in [1.29, 1.82) is 0 Å². The fourth-order valence-electron chi connectivity index (χ4n) is 4.73. The molecule has 1 saturated carbocycles. The molecule has 1 unspecified atom stereocenters. The van der Waals surface area contributed by atoms with Crippen molar-refractivity contribution in [2.45, 2.75) is 51.1 Å². The Morgan fingerprint density at radius 1 is 1.03 bits per heavy atom. The molecule has 8 heteroatoms. The lowest BCUT2D eigenvalue weighted by molar-refractivity contribution is -0.143. The first-order valence-corrected chi connectivity index (χ1v) is 11.9. The lowest BCUT2D eigenvalue weighted by atomic mass is 9.87. The SMILES string of the molecule is COC(=O)c1ccc(N2C(=O)CC(N(Cc3ccccc3Cl)C(=O)C3CCCCC3)C2=O)cc1. The second-order valence-corrected chi connectivity index (χ2v) is 9.13. The maximum atomic E-state index is 13.6. The summed E-state index contributed by atoms with van der Waals surface area (Å²) in [6, 6.07) is 12.4. The molecule has 7 nitrogen and oxygen atoms in total. The minimum atomic E-state index is -0.904. The summed E-state index contributed by atoms with van der Waals surface area (Å²) in [4.78, 5) is 54.4. The summed E-state index contributed by atoms with van der Waals surface area (Å²) in [5.41, 5.74) is 1.40. The number of esters is 1. The highest BCUT2D eigenvalue weighted by atomic mass is 35.5. The van der Waals surface area contributed by atoms with Gasteiger partial charge in [0.2, 0.25) is 11.8 Å². The Kier molecular flexibility index (Phi) is 7.32. The average Bonchev–Trinajstić information content (AvgIpc) is 3.16. The van der Waals surface area contributed by atoms with E-state index in [0.717, 1.165) is 42.6 Å². The zero-order valence-corrected chi connectivity index (χ0v) is 19.8. The summed E-state index contributed by atoms with van der Waals surface area (Å²) < 4.78 is 4.70. The lowest BCUT2D eigenvalue weighted by Gasteiger charge is -2.33. The molecule has 1 atom stereocenters. The van der Waals surface area contributed by atoms with Gasteiger partial charge in [0.15, 0.2) is 0 Å². The van der Waals surface area contributed by atoms with Gasteiger partial charge < -0.3 is 9.64 Å². The molecule has 178 valence electrons. The van der Waals surface area contributed by atoms with Crippen molar-refractivity contribution in [3.8, 4) is 0 Å². The van der Waals surface area contributed by atoms with Crippen LogP contribution in [0.4, 0.5) is 5.69 Å². The highest BCUT2D eigenvalue weighted by Gasteiger charge is 2.45. The number of hydrogen-bond acceptors (Lipinski definition) is 5. The number of ether oxygens (including phenoxy) is 1. The number of hydrogen-bond donors (Lipinski definition) is 0. The van der Waals surface area contributed by atoms with Crippen molar-refractivity contribution < 1.29 is 23.9 Å². The quantitative estimate of drug-likeness (QED) is 0.451. The van der Waals surface area contributed by atoms with Gasteiger partial charge in [0.05, 0.1) is 24.8 Å². The molecular formula is C26H27ClN2O5. The van der Waals surface area contributed by atoms with Crippen LogP contribution in [0.5, 0.6) is 0 Å². The van der Waals surface area contributed by atoms with Gasteiger partial charge in [0.25, 0.3) is 5.91 Å². The summed E-state index contributed by atoms with van der Waals surface area (Å²) in [6.45, 7) is 0.161. The van der Waals surface area contributed by atoms with Crippen LogP contribution < -0.4 is 4.90 Å². The average molecular weight is 483 g/mol. The Hall–Kier alpha value is -3.19. The van der Waals surface area contributed by atoms with Crippen LogP contribution in [0.2, 0.25) is 5.02 Å². The Bertz CT molecular complexity index is 1090. The van der Waals surface area contributed by atoms with Crippen molar-refractivity contribution in [3.63, 3.8) is 0 Å². The van der Waals surface area contributed by atoms with Crippen LogP contribution >= 0.6 is 11.6 Å². The third-order valence-electron chi connectivity index (χ3n) is 6.58. The van der Waals surface area contributed by atoms with Gasteiger partial charge >= 0.3 is 5.97 Å². The van der Waals surface area contributed by atoms with Gasteiger partial charge in [-0.15, -0.1) is 0 Å². The number of nitrogens with zero attached hydrogens (tertiary/aromatic N) is 2. The Morgan fingerprint density at radius 3 is 2.35 bits per heavy atom. The smallest absolute Gasteiger partial charge is 0.337 e. The van der Waals surface area contributed by atoms with E-state index in [1.165, 1.54) is 31.4 Å². The van der Waals surface area contributed by atoms with Crippen LogP contribution in [0.15, 0.2) is 48.5 Å². The van der Waals surface area contributed by atoms with Crippen LogP contribution in [-0.4, -0.2) is 41.7 Å². The second-order valence-electron chi connectivity index (χ2n) is 8.72. The van der Waals surface area contributed by atoms with E-state index in [1.807, 2.05) is 18.2 Å². The molecule has 0 N–H and O–H groups in total. The number of amides is 3. The third kappa shape index (κ3) is 4.85. The van der Waals surface area contributed by atoms with Gasteiger partial charge in [-0.05, 0) is 48.7 Å². The fraction of sp³-hybridized carbons (Fsp3) is 0.385. The van der Waals surface area contributed by atoms with Crippen molar-refractivity contribution in [2.75, 3.05) is 12.0 Å². The van der Waals surface area contributed by atoms with Crippen LogP contribution in [0, 0.1) is 5.92 Å². The maximum Gasteiger partial charge on any atom is 0.337 e. The number of benzene rings is 2. The van der Waals surface area contributed by atoms with Crippen molar-refractivity contribution in [2.24, 2.45) is 5.92 Å². The highest BCUT2D eigenvalue weighted by Crippen LogP contribution is 2.32. The molecule has 0 aromatic heterocycles. The summed E-state index contributed by atoms with van der Waals surface area (Å²) in [7, 11) is 1.28. The standard InChI is InChI=1S/C26H27ClN2O5/c1-34-26(33)18-11-13-20(14-12-18)29-23(30)15-22(25(29)32)28(16-19-9-5-6-10-21(19)27)24(31)17-7-3-2-4-8-17/h5-6,9-14,17,22H,2-4,7-8,15-16H2,1H3. The minimum Gasteiger partial charge on any atom is -0.465 e. The van der Waals surface area contributed by atoms with E-state index in [9.17, 15) is 19.2 Å². The number of carbonyl (C=O) groups is 4. The maximum absolute atomic E-state index is 13.6. The molecule has 1 saturated heterocycles. The number of rotatable bonds is 6. The van der Waals surface area contributed by atoms with Gasteiger partial charge in [-0.25, -0.2) is 9.69 Å². The first-order chi connectivity index (χ1) is 16.4. The summed E-state index contributed by atoms with van der Waals surface area (Å²) >= 11 is 6.37. The van der Waals surface area contributed by atoms with E-state index >= 15 is 0 Å². The molecule has 2 fully saturated rings. The first-order valence-electron chi connectivity index (χ1n) is 11.5. The predicted molar refractivity (Wildman–Crippen MR) is 127 cm³/mol. The molecule has 4 rings (SSSR count). The molecule has 1 aliphatic carbocycles. The number of carbonyl (C=O) groups excluding carboxylic acids is 4. The lowest BCUT2D eigenvalue weighted by Crippen LogP contribution is -2.47. The van der Waals surface area contributed by atoms with Gasteiger partial charge in [0, 0.05) is 17.5 Å². The molecule has 34 heavy (non-hydrogen) atoms. The minimum absolute atomic E-state index is 0.0967. The Labute approximate surface area is 203 Å². The van der Waals surface area contributed by atoms with E-state index < -0.39 is 17.9 Å². The molecule has 3 amide bonds. The number of halogens is 1. The van der Waals surface area contributed by atoms with E-state index in [-0.39, 0.29) is 30.7 Å². The Morgan fingerprint density at radius 2 is 1.71 bits per heavy atom. The monoisotopic (exact) mass is 482 g/mol. The van der Waals surface area contributed by atoms with Gasteiger partial charge in [-0.1, -0.05) is 49.1 Å². The topological polar surface area (TPSA) is 84.0 Å². The molecule has 2 aromatic rings. The predicted octanol–water partition coefficient (Wildman–Crippen LogP) is 4.37. The summed E-state index contributed by atoms with van der Waals surface area (Å²) in [5.74, 6) is -1.61. The second kappa shape index (κ2) is 10.4. The van der Waals surface area contributed by atoms with Crippen LogP contribution in [-0.2, 0) is 25.7 Å². The zero-order valence-electron chi connectivity index (χ0n) is 19.0. The van der Waals surface area contributed by atoms with Crippen LogP contribution in [0.3, 0.4) is 0 Å². The summed E-state index contributed by atoms with van der Waals surface area (Å²) in [5, 5.41) is 0.510. The zero-order chi connectivity index (χ0) is 24.2. The third-order valence-corrected chi connectivity index (χ3v) is 6.95. The molecular weight excluding hydrogens is 456 g/mol. The van der Waals surface area contributed by atoms with Crippen LogP contribution in [0.1, 0.15) is 54.4 Å². The van der Waals surface area contributed by atoms with E-state index in [0.29, 0.717) is 16.3 Å². The van der Waals surface area contributed by atoms with Crippen LogP contribution in [0.25, 0.3) is 0 Å². The normalized spacial score (nSPS) is 18.8. The number of anilines is 1. The van der Waals surface area contributed by atoms with E-state index in [1.54, 1.807) is 11.0 Å².